The number of carbonyl (C=O) groups excluding carboxylic acids is 1. The van der Waals surface area contributed by atoms with E-state index in [1.165, 1.54) is 0 Å². The quantitative estimate of drug-likeness (QED) is 0.514. The Bertz CT molecular complexity index is 369. The van der Waals surface area contributed by atoms with Crippen molar-refractivity contribution in [1.29, 1.82) is 0 Å². The minimum atomic E-state index is -5.15. The van der Waals surface area contributed by atoms with Crippen molar-refractivity contribution in [3.05, 3.63) is 34.9 Å². The zero-order chi connectivity index (χ0) is 10.9. The lowest BCUT2D eigenvalue weighted by atomic mass is 10.1. The van der Waals surface area contributed by atoms with Crippen LogP contribution < -0.4 is 0 Å². The fourth-order valence-electron chi connectivity index (χ4n) is 0.919. The smallest absolute Gasteiger partial charge is 0.298 e. The number of benzene rings is 1. The van der Waals surface area contributed by atoms with Crippen molar-refractivity contribution in [2.75, 3.05) is 0 Å². The summed E-state index contributed by atoms with van der Waals surface area (Å²) < 4.78 is 61.5. The van der Waals surface area contributed by atoms with Crippen molar-refractivity contribution >= 4 is 6.29 Å². The van der Waals surface area contributed by atoms with Crippen LogP contribution in [-0.2, 0) is 6.18 Å². The van der Waals surface area contributed by atoms with E-state index in [4.69, 9.17) is 0 Å². The highest BCUT2D eigenvalue weighted by Gasteiger charge is 2.38. The molecule has 0 unspecified atom stereocenters. The van der Waals surface area contributed by atoms with Crippen LogP contribution >= 0.6 is 0 Å². The molecule has 0 spiro atoms. The van der Waals surface area contributed by atoms with Crippen molar-refractivity contribution in [3.8, 4) is 0 Å². The minimum Gasteiger partial charge on any atom is -0.298 e. The summed E-state index contributed by atoms with van der Waals surface area (Å²) in [6, 6.07) is 1.04. The third-order valence-electron chi connectivity index (χ3n) is 1.53. The van der Waals surface area contributed by atoms with E-state index in [-0.39, 0.29) is 6.29 Å². The lowest BCUT2D eigenvalue weighted by molar-refractivity contribution is -0.142. The number of hydrogen-bond donors (Lipinski definition) is 0. The van der Waals surface area contributed by atoms with Gasteiger partial charge in [0.1, 0.15) is 17.2 Å². The average Bonchev–Trinajstić information content (AvgIpc) is 2.02. The molecule has 0 atom stereocenters. The third kappa shape index (κ3) is 1.73. The van der Waals surface area contributed by atoms with Crippen LogP contribution in [0.2, 0.25) is 0 Å². The highest BCUT2D eigenvalue weighted by molar-refractivity contribution is 5.75. The van der Waals surface area contributed by atoms with Gasteiger partial charge < -0.3 is 0 Å². The molecule has 1 aromatic rings. The van der Waals surface area contributed by atoms with E-state index in [1.54, 1.807) is 0 Å². The second kappa shape index (κ2) is 3.36. The van der Waals surface area contributed by atoms with Crippen LogP contribution in [0.5, 0.6) is 0 Å². The van der Waals surface area contributed by atoms with E-state index >= 15 is 0 Å². The Morgan fingerprint density at radius 1 is 1.14 bits per heavy atom. The van der Waals surface area contributed by atoms with E-state index < -0.39 is 28.9 Å². The maximum Gasteiger partial charge on any atom is 0.422 e. The molecule has 0 fully saturated rings. The molecular weight excluding hydrogens is 207 g/mol. The van der Waals surface area contributed by atoms with E-state index in [0.29, 0.717) is 12.1 Å². The maximum absolute atomic E-state index is 12.8. The first-order valence-electron chi connectivity index (χ1n) is 3.38. The van der Waals surface area contributed by atoms with Gasteiger partial charge in [-0.15, -0.1) is 0 Å². The Morgan fingerprint density at radius 3 is 2.14 bits per heavy atom. The van der Waals surface area contributed by atoms with Gasteiger partial charge in [-0.3, -0.25) is 4.79 Å². The molecule has 0 bridgehead atoms. The topological polar surface area (TPSA) is 17.1 Å². The van der Waals surface area contributed by atoms with Crippen LogP contribution in [0, 0.1) is 11.6 Å². The average molecular weight is 210 g/mol. The summed E-state index contributed by atoms with van der Waals surface area (Å²) in [4.78, 5) is 10.1. The number of carbonyl (C=O) groups is 1. The van der Waals surface area contributed by atoms with Crippen LogP contribution in [0.25, 0.3) is 0 Å². The lowest BCUT2D eigenvalue weighted by Gasteiger charge is -2.09. The molecule has 76 valence electrons. The number of rotatable bonds is 1. The zero-order valence-corrected chi connectivity index (χ0v) is 6.53. The normalized spacial score (nSPS) is 11.5. The molecule has 0 saturated heterocycles. The van der Waals surface area contributed by atoms with Crippen molar-refractivity contribution in [3.63, 3.8) is 0 Å². The van der Waals surface area contributed by atoms with E-state index in [2.05, 4.69) is 0 Å². The predicted octanol–water partition coefficient (Wildman–Crippen LogP) is 2.80. The lowest BCUT2D eigenvalue weighted by Crippen LogP contribution is -2.12. The zero-order valence-electron chi connectivity index (χ0n) is 6.53. The molecule has 1 nitrogen and oxygen atoms in total. The number of aldehydes is 1. The van der Waals surface area contributed by atoms with Crippen molar-refractivity contribution in [2.45, 2.75) is 6.18 Å². The van der Waals surface area contributed by atoms with E-state index in [1.807, 2.05) is 0 Å². The van der Waals surface area contributed by atoms with Gasteiger partial charge in [-0.25, -0.2) is 8.78 Å². The number of halogens is 5. The van der Waals surface area contributed by atoms with Gasteiger partial charge in [0.25, 0.3) is 0 Å². The predicted molar refractivity (Wildman–Crippen MR) is 36.7 cm³/mol. The van der Waals surface area contributed by atoms with Crippen LogP contribution in [0.3, 0.4) is 0 Å². The fourth-order valence-corrected chi connectivity index (χ4v) is 0.919. The SMILES string of the molecule is O=Cc1ccc(F)c(C(F)(F)F)c1F. The molecule has 0 aliphatic carbocycles. The van der Waals surface area contributed by atoms with Crippen LogP contribution in [0.15, 0.2) is 12.1 Å². The van der Waals surface area contributed by atoms with Crippen molar-refractivity contribution in [1.82, 2.24) is 0 Å². The molecule has 1 rings (SSSR count). The van der Waals surface area contributed by atoms with Crippen LogP contribution in [0.4, 0.5) is 22.0 Å². The Hall–Kier alpha value is -1.46. The molecular formula is C8H3F5O. The summed E-state index contributed by atoms with van der Waals surface area (Å²) in [5.74, 6) is -3.62. The van der Waals surface area contributed by atoms with Gasteiger partial charge in [-0.1, -0.05) is 0 Å². The molecule has 0 amide bonds. The Kier molecular flexibility index (Phi) is 2.55. The molecule has 14 heavy (non-hydrogen) atoms. The summed E-state index contributed by atoms with van der Waals surface area (Å²) in [5, 5.41) is 0. The molecule has 0 heterocycles. The second-order valence-corrected chi connectivity index (χ2v) is 2.44. The summed E-state index contributed by atoms with van der Waals surface area (Å²) in [6.07, 6.45) is -5.25. The van der Waals surface area contributed by atoms with Gasteiger partial charge in [0.15, 0.2) is 6.29 Å². The van der Waals surface area contributed by atoms with Gasteiger partial charge in [0.05, 0.1) is 5.56 Å². The van der Waals surface area contributed by atoms with Gasteiger partial charge in [-0.05, 0) is 12.1 Å². The molecule has 0 radical (unpaired) electrons. The van der Waals surface area contributed by atoms with Gasteiger partial charge in [-0.2, -0.15) is 13.2 Å². The second-order valence-electron chi connectivity index (χ2n) is 2.44. The number of hydrogen-bond acceptors (Lipinski definition) is 1. The largest absolute Gasteiger partial charge is 0.422 e. The Labute approximate surface area is 75.2 Å². The molecule has 0 aliphatic rings. The maximum atomic E-state index is 12.8. The first-order valence-corrected chi connectivity index (χ1v) is 3.38. The number of alkyl halides is 3. The van der Waals surface area contributed by atoms with Gasteiger partial charge in [0, 0.05) is 0 Å². The highest BCUT2D eigenvalue weighted by atomic mass is 19.4. The molecule has 0 aromatic heterocycles. The summed E-state index contributed by atoms with van der Waals surface area (Å²) >= 11 is 0. The molecule has 0 saturated carbocycles. The molecule has 0 aliphatic heterocycles. The van der Waals surface area contributed by atoms with E-state index in [0.717, 1.165) is 0 Å². The molecule has 0 N–H and O–H groups in total. The first-order chi connectivity index (χ1) is 6.38. The fraction of sp³-hybridized carbons (Fsp3) is 0.125. The molecule has 6 heteroatoms. The Balaban J connectivity index is 3.48. The third-order valence-corrected chi connectivity index (χ3v) is 1.53. The Morgan fingerprint density at radius 2 is 1.71 bits per heavy atom. The van der Waals surface area contributed by atoms with E-state index in [9.17, 15) is 26.7 Å². The van der Waals surface area contributed by atoms with Crippen LogP contribution in [-0.4, -0.2) is 6.29 Å². The summed E-state index contributed by atoms with van der Waals surface area (Å²) in [6.45, 7) is 0. The standard InChI is InChI=1S/C8H3F5O/c9-5-2-1-4(3-14)7(10)6(5)8(11,12)13/h1-3H. The first kappa shape index (κ1) is 10.6. The van der Waals surface area contributed by atoms with Crippen molar-refractivity contribution in [2.24, 2.45) is 0 Å². The van der Waals surface area contributed by atoms with Gasteiger partial charge in [0.2, 0.25) is 0 Å². The summed E-state index contributed by atoms with van der Waals surface area (Å²) in [5.41, 5.74) is -2.86. The highest BCUT2D eigenvalue weighted by Crippen LogP contribution is 2.34. The van der Waals surface area contributed by atoms with Crippen LogP contribution in [0.1, 0.15) is 15.9 Å². The minimum absolute atomic E-state index is 0.107. The van der Waals surface area contributed by atoms with Crippen molar-refractivity contribution < 1.29 is 26.7 Å². The monoisotopic (exact) mass is 210 g/mol. The summed E-state index contributed by atoms with van der Waals surface area (Å²) in [7, 11) is 0. The van der Waals surface area contributed by atoms with Gasteiger partial charge >= 0.3 is 6.18 Å². The molecule has 1 aromatic carbocycles.